The third-order valence-electron chi connectivity index (χ3n) is 3.08. The molecule has 5 nitrogen and oxygen atoms in total. The van der Waals surface area contributed by atoms with Gasteiger partial charge in [-0.2, -0.15) is 5.10 Å². The van der Waals surface area contributed by atoms with Crippen molar-refractivity contribution in [2.45, 2.75) is 0 Å². The van der Waals surface area contributed by atoms with Crippen molar-refractivity contribution in [3.05, 3.63) is 59.6 Å². The van der Waals surface area contributed by atoms with E-state index in [1.165, 1.54) is 5.01 Å². The number of nitrogens with two attached hydrogens (primary N) is 1. The van der Waals surface area contributed by atoms with Crippen LogP contribution in [0.3, 0.4) is 0 Å². The Hall–Kier alpha value is -2.82. The minimum absolute atomic E-state index is 0.181. The summed E-state index contributed by atoms with van der Waals surface area (Å²) in [5.41, 5.74) is 8.32. The minimum Gasteiger partial charge on any atom is -0.465 e. The van der Waals surface area contributed by atoms with Crippen LogP contribution in [0.4, 0.5) is 5.69 Å². The zero-order chi connectivity index (χ0) is 14.1. The summed E-state index contributed by atoms with van der Waals surface area (Å²) in [5, 5.41) is 5.58. The first-order chi connectivity index (χ1) is 9.66. The maximum atomic E-state index is 12.2. The van der Waals surface area contributed by atoms with Crippen molar-refractivity contribution in [3.8, 4) is 0 Å². The summed E-state index contributed by atoms with van der Waals surface area (Å²) in [5.74, 6) is 0.422. The lowest BCUT2D eigenvalue weighted by Gasteiger charge is -2.04. The Balaban J connectivity index is 2.11. The van der Waals surface area contributed by atoms with Gasteiger partial charge in [-0.15, -0.1) is 0 Å². The number of carbonyl (C=O) groups excluding carboxylic acids is 1. The zero-order valence-electron chi connectivity index (χ0n) is 10.9. The van der Waals surface area contributed by atoms with E-state index in [1.54, 1.807) is 37.6 Å². The maximum absolute atomic E-state index is 12.2. The number of hydrazone groups is 1. The van der Waals surface area contributed by atoms with Gasteiger partial charge in [-0.25, -0.2) is 5.01 Å². The maximum Gasteiger partial charge on any atom is 0.276 e. The molecule has 3 rings (SSSR count). The quantitative estimate of drug-likeness (QED) is 0.669. The van der Waals surface area contributed by atoms with Gasteiger partial charge in [0.05, 0.1) is 11.8 Å². The minimum atomic E-state index is -0.181. The molecule has 2 heterocycles. The van der Waals surface area contributed by atoms with E-state index in [0.717, 1.165) is 5.56 Å². The molecule has 0 radical (unpaired) electrons. The highest BCUT2D eigenvalue weighted by atomic mass is 16.3. The molecule has 2 aromatic rings. The van der Waals surface area contributed by atoms with E-state index in [9.17, 15) is 4.79 Å². The fourth-order valence-electron chi connectivity index (χ4n) is 2.08. The summed E-state index contributed by atoms with van der Waals surface area (Å²) < 4.78 is 5.26. The number of nitrogen functional groups attached to an aromatic ring is 1. The van der Waals surface area contributed by atoms with Crippen LogP contribution >= 0.6 is 0 Å². The topological polar surface area (TPSA) is 71.8 Å². The van der Waals surface area contributed by atoms with E-state index in [4.69, 9.17) is 10.2 Å². The van der Waals surface area contributed by atoms with Crippen molar-refractivity contribution in [1.29, 1.82) is 0 Å². The fourth-order valence-corrected chi connectivity index (χ4v) is 2.08. The molecule has 5 heteroatoms. The van der Waals surface area contributed by atoms with Gasteiger partial charge in [0.15, 0.2) is 0 Å². The van der Waals surface area contributed by atoms with Crippen molar-refractivity contribution in [3.63, 3.8) is 0 Å². The molecule has 0 atom stereocenters. The molecule has 0 bridgehead atoms. The average molecular weight is 267 g/mol. The van der Waals surface area contributed by atoms with Crippen LogP contribution in [0.2, 0.25) is 0 Å². The molecule has 20 heavy (non-hydrogen) atoms. The third kappa shape index (κ3) is 1.99. The molecule has 1 aromatic carbocycles. The lowest BCUT2D eigenvalue weighted by molar-refractivity contribution is -0.124. The molecule has 1 amide bonds. The number of para-hydroxylation sites is 1. The largest absolute Gasteiger partial charge is 0.465 e. The molecule has 0 aliphatic carbocycles. The highest BCUT2D eigenvalue weighted by Gasteiger charge is 2.29. The van der Waals surface area contributed by atoms with Gasteiger partial charge in [-0.1, -0.05) is 18.2 Å². The van der Waals surface area contributed by atoms with Gasteiger partial charge in [-0.05, 0) is 24.3 Å². The number of nitrogens with zero attached hydrogens (tertiary/aromatic N) is 2. The Kier molecular flexibility index (Phi) is 2.87. The van der Waals surface area contributed by atoms with Crippen molar-refractivity contribution in [1.82, 2.24) is 5.01 Å². The molecular weight excluding hydrogens is 254 g/mol. The Morgan fingerprint density at radius 1 is 1.25 bits per heavy atom. The lowest BCUT2D eigenvalue weighted by Crippen LogP contribution is -2.17. The Bertz CT molecular complexity index is 714. The average Bonchev–Trinajstić information content (AvgIpc) is 3.04. The van der Waals surface area contributed by atoms with Crippen molar-refractivity contribution >= 4 is 23.4 Å². The predicted octanol–water partition coefficient (Wildman–Crippen LogP) is 2.12. The Morgan fingerprint density at radius 2 is 2.05 bits per heavy atom. The summed E-state index contributed by atoms with van der Waals surface area (Å²) >= 11 is 0. The molecule has 0 saturated carbocycles. The van der Waals surface area contributed by atoms with E-state index in [-0.39, 0.29) is 5.91 Å². The van der Waals surface area contributed by atoms with Crippen LogP contribution in [0.15, 0.2) is 57.8 Å². The molecule has 0 fully saturated rings. The summed E-state index contributed by atoms with van der Waals surface area (Å²) in [7, 11) is 1.62. The first kappa shape index (κ1) is 12.2. The standard InChI is InChI=1S/C15H13N3O2/c1-18-15(19)12(9-10-5-4-8-20-10)14(17-18)11-6-2-3-7-13(11)16/h2-9H,16H2,1H3/b12-9+. The number of anilines is 1. The van der Waals surface area contributed by atoms with Crippen LogP contribution in [-0.2, 0) is 4.79 Å². The van der Waals surface area contributed by atoms with Crippen molar-refractivity contribution in [2.75, 3.05) is 12.8 Å². The van der Waals surface area contributed by atoms with E-state index < -0.39 is 0 Å². The third-order valence-corrected chi connectivity index (χ3v) is 3.08. The summed E-state index contributed by atoms with van der Waals surface area (Å²) in [6.45, 7) is 0. The van der Waals surface area contributed by atoms with E-state index in [2.05, 4.69) is 5.10 Å². The van der Waals surface area contributed by atoms with E-state index in [1.807, 2.05) is 18.2 Å². The molecule has 0 unspecified atom stereocenters. The van der Waals surface area contributed by atoms with Crippen molar-refractivity contribution < 1.29 is 9.21 Å². The monoisotopic (exact) mass is 267 g/mol. The number of benzene rings is 1. The first-order valence-corrected chi connectivity index (χ1v) is 6.14. The van der Waals surface area contributed by atoms with Gasteiger partial charge in [0, 0.05) is 18.3 Å². The molecule has 0 saturated heterocycles. The fraction of sp³-hybridized carbons (Fsp3) is 0.0667. The smallest absolute Gasteiger partial charge is 0.276 e. The molecule has 0 spiro atoms. The van der Waals surface area contributed by atoms with E-state index in [0.29, 0.717) is 22.7 Å². The van der Waals surface area contributed by atoms with Crippen LogP contribution in [-0.4, -0.2) is 23.7 Å². The summed E-state index contributed by atoms with van der Waals surface area (Å²) in [6, 6.07) is 10.9. The second-order valence-corrected chi connectivity index (χ2v) is 4.44. The highest BCUT2D eigenvalue weighted by Crippen LogP contribution is 2.25. The van der Waals surface area contributed by atoms with Crippen LogP contribution in [0.25, 0.3) is 6.08 Å². The predicted molar refractivity (Wildman–Crippen MR) is 76.8 cm³/mol. The molecule has 2 N–H and O–H groups in total. The van der Waals surface area contributed by atoms with Gasteiger partial charge >= 0.3 is 0 Å². The summed E-state index contributed by atoms with van der Waals surface area (Å²) in [4.78, 5) is 12.2. The van der Waals surface area contributed by atoms with E-state index >= 15 is 0 Å². The first-order valence-electron chi connectivity index (χ1n) is 6.14. The number of likely N-dealkylation sites (N-methyl/N-ethyl adjacent to an activating group) is 1. The number of amides is 1. The number of carbonyl (C=O) groups is 1. The molecule has 100 valence electrons. The summed E-state index contributed by atoms with van der Waals surface area (Å²) in [6.07, 6.45) is 3.24. The van der Waals surface area contributed by atoms with Gasteiger partial charge in [-0.3, -0.25) is 4.79 Å². The number of hydrogen-bond donors (Lipinski definition) is 1. The Labute approximate surface area is 116 Å². The van der Waals surface area contributed by atoms with Gasteiger partial charge < -0.3 is 10.2 Å². The Morgan fingerprint density at radius 3 is 2.75 bits per heavy atom. The normalized spacial score (nSPS) is 16.9. The highest BCUT2D eigenvalue weighted by molar-refractivity contribution is 6.34. The van der Waals surface area contributed by atoms with Crippen LogP contribution in [0.1, 0.15) is 11.3 Å². The lowest BCUT2D eigenvalue weighted by atomic mass is 10.0. The van der Waals surface area contributed by atoms with Crippen LogP contribution in [0, 0.1) is 0 Å². The second kappa shape index (κ2) is 4.70. The molecular formula is C15H13N3O2. The molecule has 1 aromatic heterocycles. The van der Waals surface area contributed by atoms with Gasteiger partial charge in [0.2, 0.25) is 0 Å². The number of hydrogen-bond acceptors (Lipinski definition) is 4. The van der Waals surface area contributed by atoms with Gasteiger partial charge in [0.25, 0.3) is 5.91 Å². The SMILES string of the molecule is CN1N=C(c2ccccc2N)/C(=C\c2ccco2)C1=O. The number of rotatable bonds is 2. The molecule has 1 aliphatic rings. The number of furan rings is 1. The van der Waals surface area contributed by atoms with Crippen LogP contribution < -0.4 is 5.73 Å². The zero-order valence-corrected chi connectivity index (χ0v) is 10.9. The molecule has 1 aliphatic heterocycles. The van der Waals surface area contributed by atoms with Crippen molar-refractivity contribution in [2.24, 2.45) is 5.10 Å². The van der Waals surface area contributed by atoms with Gasteiger partial charge in [0.1, 0.15) is 11.5 Å². The second-order valence-electron chi connectivity index (χ2n) is 4.44. The van der Waals surface area contributed by atoms with Crippen LogP contribution in [0.5, 0.6) is 0 Å².